The lowest BCUT2D eigenvalue weighted by molar-refractivity contribution is -0.141. The predicted octanol–water partition coefficient (Wildman–Crippen LogP) is 4.52. The maximum atomic E-state index is 13.1. The van der Waals surface area contributed by atoms with Gasteiger partial charge in [0, 0.05) is 12.1 Å². The Bertz CT molecular complexity index is 1020. The predicted molar refractivity (Wildman–Crippen MR) is 99.1 cm³/mol. The van der Waals surface area contributed by atoms with Crippen LogP contribution in [0.5, 0.6) is 0 Å². The number of nitrogens with zero attached hydrogens (tertiary/aromatic N) is 4. The number of alkyl halides is 3. The Morgan fingerprint density at radius 3 is 2.39 bits per heavy atom. The van der Waals surface area contributed by atoms with Crippen LogP contribution < -0.4 is 5.32 Å². The van der Waals surface area contributed by atoms with Crippen LogP contribution in [-0.4, -0.2) is 25.4 Å². The summed E-state index contributed by atoms with van der Waals surface area (Å²) in [5, 5.41) is 2.69. The van der Waals surface area contributed by atoms with Crippen molar-refractivity contribution in [1.29, 1.82) is 0 Å². The lowest BCUT2D eigenvalue weighted by Gasteiger charge is -2.17. The van der Waals surface area contributed by atoms with Gasteiger partial charge < -0.3 is 0 Å². The Labute approximate surface area is 159 Å². The van der Waals surface area contributed by atoms with Crippen LogP contribution in [0.25, 0.3) is 16.9 Å². The fraction of sp³-hybridized carbons (Fsp3) is 0.368. The van der Waals surface area contributed by atoms with Crippen LogP contribution >= 0.6 is 0 Å². The fourth-order valence-electron chi connectivity index (χ4n) is 2.69. The van der Waals surface area contributed by atoms with Gasteiger partial charge in [-0.15, -0.1) is 0 Å². The number of pyridine rings is 2. The number of anilines is 1. The van der Waals surface area contributed by atoms with Gasteiger partial charge in [-0.1, -0.05) is 20.8 Å². The summed E-state index contributed by atoms with van der Waals surface area (Å²) in [6.07, 6.45) is -2.87. The summed E-state index contributed by atoms with van der Waals surface area (Å²) < 4.78 is 40.8. The third-order valence-electron chi connectivity index (χ3n) is 3.89. The minimum Gasteiger partial charge on any atom is -0.296 e. The normalized spacial score (nSPS) is 12.4. The molecule has 28 heavy (non-hydrogen) atoms. The van der Waals surface area contributed by atoms with Crippen LogP contribution in [0.2, 0.25) is 0 Å². The van der Waals surface area contributed by atoms with Crippen molar-refractivity contribution in [3.63, 3.8) is 0 Å². The van der Waals surface area contributed by atoms with Gasteiger partial charge in [0.15, 0.2) is 5.65 Å². The minimum absolute atomic E-state index is 0.00784. The summed E-state index contributed by atoms with van der Waals surface area (Å²) >= 11 is 0. The van der Waals surface area contributed by atoms with Gasteiger partial charge in [-0.05, 0) is 36.6 Å². The third kappa shape index (κ3) is 4.29. The Kier molecular flexibility index (Phi) is 4.86. The Morgan fingerprint density at radius 1 is 1.11 bits per heavy atom. The van der Waals surface area contributed by atoms with E-state index in [0.717, 1.165) is 11.8 Å². The highest BCUT2D eigenvalue weighted by Gasteiger charge is 2.33. The highest BCUT2D eigenvalue weighted by molar-refractivity contribution is 5.92. The largest absolute Gasteiger partial charge is 0.433 e. The molecule has 6 nitrogen and oxygen atoms in total. The van der Waals surface area contributed by atoms with Gasteiger partial charge in [0.05, 0.1) is 11.9 Å². The van der Waals surface area contributed by atoms with E-state index < -0.39 is 11.9 Å². The molecule has 0 saturated carbocycles. The van der Waals surface area contributed by atoms with E-state index in [2.05, 4.69) is 20.3 Å². The summed E-state index contributed by atoms with van der Waals surface area (Å²) in [7, 11) is 0. The Balaban J connectivity index is 2.15. The molecule has 0 unspecified atom stereocenters. The van der Waals surface area contributed by atoms with Gasteiger partial charge in [0.2, 0.25) is 11.9 Å². The van der Waals surface area contributed by atoms with E-state index >= 15 is 0 Å². The number of hydrogen-bond donors (Lipinski definition) is 1. The monoisotopic (exact) mass is 391 g/mol. The molecule has 0 bridgehead atoms. The number of aromatic nitrogens is 4. The topological polar surface area (TPSA) is 72.7 Å². The quantitative estimate of drug-likeness (QED) is 0.713. The summed E-state index contributed by atoms with van der Waals surface area (Å²) in [6.45, 7) is 7.53. The second-order valence-corrected chi connectivity index (χ2v) is 7.75. The van der Waals surface area contributed by atoms with E-state index in [0.29, 0.717) is 5.69 Å². The van der Waals surface area contributed by atoms with Crippen LogP contribution in [0, 0.1) is 12.3 Å². The van der Waals surface area contributed by atoms with Gasteiger partial charge in [-0.2, -0.15) is 13.2 Å². The summed E-state index contributed by atoms with van der Waals surface area (Å²) in [5.41, 5.74) is 0.134. The van der Waals surface area contributed by atoms with E-state index in [9.17, 15) is 18.0 Å². The molecule has 0 saturated heterocycles. The van der Waals surface area contributed by atoms with Crippen LogP contribution in [-0.2, 0) is 11.0 Å². The van der Waals surface area contributed by atoms with Crippen molar-refractivity contribution in [3.05, 3.63) is 41.9 Å². The summed E-state index contributed by atoms with van der Waals surface area (Å²) in [6, 6.07) is 5.51. The lowest BCUT2D eigenvalue weighted by Crippen LogP contribution is -2.21. The molecule has 0 radical (unpaired) electrons. The molecule has 3 heterocycles. The number of halogens is 3. The number of nitrogens with one attached hydrogen (secondary N) is 1. The van der Waals surface area contributed by atoms with E-state index in [1.54, 1.807) is 19.1 Å². The summed E-state index contributed by atoms with van der Waals surface area (Å²) in [4.78, 5) is 24.6. The second kappa shape index (κ2) is 6.88. The summed E-state index contributed by atoms with van der Waals surface area (Å²) in [5.74, 6) is -0.193. The first-order valence-corrected chi connectivity index (χ1v) is 8.64. The molecule has 3 aromatic rings. The van der Waals surface area contributed by atoms with Crippen molar-refractivity contribution in [2.24, 2.45) is 5.41 Å². The fourth-order valence-corrected chi connectivity index (χ4v) is 2.69. The maximum Gasteiger partial charge on any atom is 0.433 e. The number of carbonyl (C=O) groups excluding carboxylic acids is 1. The molecule has 0 fully saturated rings. The zero-order valence-corrected chi connectivity index (χ0v) is 15.9. The van der Waals surface area contributed by atoms with Crippen molar-refractivity contribution in [3.8, 4) is 5.69 Å². The van der Waals surface area contributed by atoms with Crippen LogP contribution in [0.15, 0.2) is 30.5 Å². The number of hydrogen-bond acceptors (Lipinski definition) is 4. The standard InChI is InChI=1S/C19H20F3N5O/c1-11-5-6-12(10-23-11)27-16-13(7-8-14(25-16)19(20,21)22)24-17(27)26-15(28)9-18(2,3)4/h5-8,10H,9H2,1-4H3,(H,24,26,28). The molecule has 0 aliphatic heterocycles. The first kappa shape index (κ1) is 19.8. The van der Waals surface area contributed by atoms with Crippen molar-refractivity contribution in [2.45, 2.75) is 40.3 Å². The van der Waals surface area contributed by atoms with Crippen molar-refractivity contribution >= 4 is 23.0 Å². The zero-order valence-electron chi connectivity index (χ0n) is 15.9. The average molecular weight is 391 g/mol. The highest BCUT2D eigenvalue weighted by atomic mass is 19.4. The van der Waals surface area contributed by atoms with E-state index in [-0.39, 0.29) is 34.9 Å². The first-order valence-electron chi connectivity index (χ1n) is 8.64. The van der Waals surface area contributed by atoms with Crippen molar-refractivity contribution in [2.75, 3.05) is 5.32 Å². The number of imidazole rings is 1. The SMILES string of the molecule is Cc1ccc(-n2c(NC(=O)CC(C)(C)C)nc3ccc(C(F)(F)F)nc32)cn1. The average Bonchev–Trinajstić information content (AvgIpc) is 2.89. The lowest BCUT2D eigenvalue weighted by atomic mass is 9.92. The number of aryl methyl sites for hydroxylation is 1. The smallest absolute Gasteiger partial charge is 0.296 e. The van der Waals surface area contributed by atoms with Crippen molar-refractivity contribution < 1.29 is 18.0 Å². The van der Waals surface area contributed by atoms with Gasteiger partial charge in [-0.25, -0.2) is 9.97 Å². The molecule has 0 aliphatic rings. The first-order chi connectivity index (χ1) is 12.9. The van der Waals surface area contributed by atoms with Gasteiger partial charge >= 0.3 is 6.18 Å². The molecule has 9 heteroatoms. The van der Waals surface area contributed by atoms with Gasteiger partial charge in [0.25, 0.3) is 0 Å². The molecule has 0 aromatic carbocycles. The Hall–Kier alpha value is -2.97. The second-order valence-electron chi connectivity index (χ2n) is 7.75. The molecule has 0 aliphatic carbocycles. The van der Waals surface area contributed by atoms with Gasteiger partial charge in [0.1, 0.15) is 11.2 Å². The van der Waals surface area contributed by atoms with Crippen LogP contribution in [0.1, 0.15) is 38.6 Å². The molecule has 1 N–H and O–H groups in total. The third-order valence-corrected chi connectivity index (χ3v) is 3.89. The van der Waals surface area contributed by atoms with Gasteiger partial charge in [-0.3, -0.25) is 19.7 Å². The minimum atomic E-state index is -4.59. The highest BCUT2D eigenvalue weighted by Crippen LogP contribution is 2.31. The molecule has 0 spiro atoms. The Morgan fingerprint density at radius 2 is 1.82 bits per heavy atom. The molecule has 148 valence electrons. The van der Waals surface area contributed by atoms with E-state index in [1.165, 1.54) is 16.8 Å². The number of carbonyl (C=O) groups is 1. The zero-order chi connectivity index (χ0) is 20.7. The maximum absolute atomic E-state index is 13.1. The van der Waals surface area contributed by atoms with E-state index in [4.69, 9.17) is 0 Å². The molecule has 3 aromatic heterocycles. The molecule has 0 atom stereocenters. The molecule has 3 rings (SSSR count). The number of rotatable bonds is 3. The molecular formula is C19H20F3N5O. The van der Waals surface area contributed by atoms with Crippen LogP contribution in [0.4, 0.5) is 19.1 Å². The van der Waals surface area contributed by atoms with Crippen molar-refractivity contribution in [1.82, 2.24) is 19.5 Å². The van der Waals surface area contributed by atoms with Crippen LogP contribution in [0.3, 0.4) is 0 Å². The number of amides is 1. The molecule has 1 amide bonds. The molecular weight excluding hydrogens is 371 g/mol. The van der Waals surface area contributed by atoms with E-state index in [1.807, 2.05) is 20.8 Å². The number of fused-ring (bicyclic) bond motifs is 1.